The molecule has 104 valence electrons. The van der Waals surface area contributed by atoms with Gasteiger partial charge in [-0.15, -0.1) is 0 Å². The summed E-state index contributed by atoms with van der Waals surface area (Å²) in [6.07, 6.45) is 0.150. The minimum Gasteiger partial charge on any atom is -0.479 e. The lowest BCUT2D eigenvalue weighted by molar-refractivity contribution is -0.161. The van der Waals surface area contributed by atoms with Gasteiger partial charge in [-0.3, -0.25) is 0 Å². The first-order valence-corrected chi connectivity index (χ1v) is 7.75. The highest BCUT2D eigenvalue weighted by Crippen LogP contribution is 2.41. The number of hydrogen-bond donors (Lipinski definition) is 2. The molecule has 2 rings (SSSR count). The molecule has 0 spiro atoms. The second kappa shape index (κ2) is 4.61. The van der Waals surface area contributed by atoms with E-state index in [4.69, 9.17) is 0 Å². The standard InChI is InChI=1S/C13H16O5S/c1-2-13(16,12(14)15)10-7-8-19(17,18)11-6-4-3-5-9(10)11/h3-6,10,16H,2,7-8H2,1H3,(H,14,15). The Morgan fingerprint density at radius 2 is 2.05 bits per heavy atom. The van der Waals surface area contributed by atoms with Crippen LogP contribution in [0.1, 0.15) is 31.2 Å². The molecule has 1 aliphatic rings. The summed E-state index contributed by atoms with van der Waals surface area (Å²) in [6, 6.07) is 6.31. The molecular formula is C13H16O5S. The van der Waals surface area contributed by atoms with Crippen molar-refractivity contribution < 1.29 is 23.4 Å². The average molecular weight is 284 g/mol. The molecule has 1 aromatic rings. The number of aliphatic carboxylic acids is 1. The van der Waals surface area contributed by atoms with Gasteiger partial charge in [0.25, 0.3) is 0 Å². The van der Waals surface area contributed by atoms with Crippen molar-refractivity contribution in [3.8, 4) is 0 Å². The number of fused-ring (bicyclic) bond motifs is 1. The minimum absolute atomic E-state index is 0.0291. The van der Waals surface area contributed by atoms with Crippen LogP contribution in [0.5, 0.6) is 0 Å². The second-order valence-corrected chi connectivity index (χ2v) is 6.86. The molecule has 0 saturated carbocycles. The van der Waals surface area contributed by atoms with E-state index in [1.165, 1.54) is 6.07 Å². The van der Waals surface area contributed by atoms with E-state index in [0.29, 0.717) is 5.56 Å². The summed E-state index contributed by atoms with van der Waals surface area (Å²) in [4.78, 5) is 11.5. The molecule has 0 aromatic heterocycles. The van der Waals surface area contributed by atoms with Crippen LogP contribution in [0.25, 0.3) is 0 Å². The fourth-order valence-corrected chi connectivity index (χ4v) is 4.25. The summed E-state index contributed by atoms with van der Waals surface area (Å²) in [5.74, 6) is -2.14. The third-order valence-electron chi connectivity index (χ3n) is 3.79. The third-order valence-corrected chi connectivity index (χ3v) is 5.61. The summed E-state index contributed by atoms with van der Waals surface area (Å²) in [7, 11) is -3.37. The summed E-state index contributed by atoms with van der Waals surface area (Å²) >= 11 is 0. The van der Waals surface area contributed by atoms with E-state index in [1.54, 1.807) is 25.1 Å². The molecule has 2 atom stereocenters. The number of carbonyl (C=O) groups is 1. The highest BCUT2D eigenvalue weighted by molar-refractivity contribution is 7.91. The monoisotopic (exact) mass is 284 g/mol. The summed E-state index contributed by atoms with van der Waals surface area (Å²) in [6.45, 7) is 1.58. The summed E-state index contributed by atoms with van der Waals surface area (Å²) < 4.78 is 23.9. The molecule has 5 nitrogen and oxygen atoms in total. The van der Waals surface area contributed by atoms with Gasteiger partial charge in [0.2, 0.25) is 0 Å². The lowest BCUT2D eigenvalue weighted by atomic mass is 9.78. The van der Waals surface area contributed by atoms with Gasteiger partial charge in [-0.1, -0.05) is 25.1 Å². The first-order valence-electron chi connectivity index (χ1n) is 6.10. The molecule has 1 aromatic carbocycles. The number of aliphatic hydroxyl groups is 1. The highest BCUT2D eigenvalue weighted by atomic mass is 32.2. The van der Waals surface area contributed by atoms with Gasteiger partial charge in [-0.2, -0.15) is 0 Å². The van der Waals surface area contributed by atoms with E-state index in [9.17, 15) is 23.4 Å². The van der Waals surface area contributed by atoms with Crippen LogP contribution in [0.2, 0.25) is 0 Å². The number of carboxylic acid groups (broad SMARTS) is 1. The van der Waals surface area contributed by atoms with Crippen LogP contribution in [0, 0.1) is 0 Å². The van der Waals surface area contributed by atoms with Crippen molar-refractivity contribution in [2.75, 3.05) is 5.75 Å². The van der Waals surface area contributed by atoms with E-state index in [1.807, 2.05) is 0 Å². The number of benzene rings is 1. The van der Waals surface area contributed by atoms with Gasteiger partial charge in [0.05, 0.1) is 10.6 Å². The molecule has 1 heterocycles. The van der Waals surface area contributed by atoms with Gasteiger partial charge in [-0.05, 0) is 24.5 Å². The number of carboxylic acids is 1. The van der Waals surface area contributed by atoms with Crippen LogP contribution < -0.4 is 0 Å². The van der Waals surface area contributed by atoms with Crippen LogP contribution in [0.15, 0.2) is 29.2 Å². The van der Waals surface area contributed by atoms with Crippen molar-refractivity contribution in [1.82, 2.24) is 0 Å². The molecule has 0 bridgehead atoms. The lowest BCUT2D eigenvalue weighted by Crippen LogP contribution is -2.46. The maximum atomic E-state index is 12.0. The molecule has 0 amide bonds. The smallest absolute Gasteiger partial charge is 0.336 e. The van der Waals surface area contributed by atoms with Crippen LogP contribution in [0.3, 0.4) is 0 Å². The summed E-state index contributed by atoms with van der Waals surface area (Å²) in [5, 5.41) is 19.6. The molecule has 6 heteroatoms. The van der Waals surface area contributed by atoms with Crippen molar-refractivity contribution in [1.29, 1.82) is 0 Å². The van der Waals surface area contributed by atoms with Crippen molar-refractivity contribution >= 4 is 15.8 Å². The first-order chi connectivity index (χ1) is 8.83. The van der Waals surface area contributed by atoms with Crippen LogP contribution in [-0.4, -0.2) is 36.0 Å². The second-order valence-electron chi connectivity index (χ2n) is 4.78. The van der Waals surface area contributed by atoms with Crippen LogP contribution in [0.4, 0.5) is 0 Å². The molecule has 2 unspecified atom stereocenters. The van der Waals surface area contributed by atoms with E-state index in [2.05, 4.69) is 0 Å². The zero-order valence-corrected chi connectivity index (χ0v) is 11.4. The Balaban J connectivity index is 2.61. The molecular weight excluding hydrogens is 268 g/mol. The highest BCUT2D eigenvalue weighted by Gasteiger charge is 2.47. The fourth-order valence-electron chi connectivity index (χ4n) is 2.63. The molecule has 19 heavy (non-hydrogen) atoms. The number of sulfone groups is 1. The topological polar surface area (TPSA) is 91.7 Å². The molecule has 0 radical (unpaired) electrons. The van der Waals surface area contributed by atoms with Crippen molar-refractivity contribution in [2.45, 2.75) is 36.2 Å². The zero-order valence-electron chi connectivity index (χ0n) is 10.5. The number of rotatable bonds is 3. The SMILES string of the molecule is CCC(O)(C(=O)O)C1CCS(=O)(=O)c2ccccc21. The van der Waals surface area contributed by atoms with Crippen LogP contribution >= 0.6 is 0 Å². The minimum atomic E-state index is -3.37. The largest absolute Gasteiger partial charge is 0.479 e. The number of hydrogen-bond acceptors (Lipinski definition) is 4. The Hall–Kier alpha value is -1.40. The Labute approximate surface area is 111 Å². The zero-order chi connectivity index (χ0) is 14.3. The molecule has 0 saturated heterocycles. The van der Waals surface area contributed by atoms with Gasteiger partial charge in [0.15, 0.2) is 15.4 Å². The summed E-state index contributed by atoms with van der Waals surface area (Å²) in [5.41, 5.74) is -1.52. The van der Waals surface area contributed by atoms with Gasteiger partial charge in [0, 0.05) is 5.92 Å². The molecule has 0 fully saturated rings. The van der Waals surface area contributed by atoms with Gasteiger partial charge in [-0.25, -0.2) is 13.2 Å². The third kappa shape index (κ3) is 2.15. The van der Waals surface area contributed by atoms with Crippen molar-refractivity contribution in [2.24, 2.45) is 0 Å². The van der Waals surface area contributed by atoms with Gasteiger partial charge < -0.3 is 10.2 Å². The van der Waals surface area contributed by atoms with E-state index in [-0.39, 0.29) is 23.5 Å². The Bertz CT molecular complexity index is 607. The Morgan fingerprint density at radius 1 is 1.42 bits per heavy atom. The van der Waals surface area contributed by atoms with E-state index >= 15 is 0 Å². The van der Waals surface area contributed by atoms with Gasteiger partial charge >= 0.3 is 5.97 Å². The maximum absolute atomic E-state index is 12.0. The first kappa shape index (κ1) is 14.0. The van der Waals surface area contributed by atoms with Crippen molar-refractivity contribution in [3.05, 3.63) is 29.8 Å². The van der Waals surface area contributed by atoms with Crippen molar-refractivity contribution in [3.63, 3.8) is 0 Å². The Morgan fingerprint density at radius 3 is 2.63 bits per heavy atom. The van der Waals surface area contributed by atoms with Gasteiger partial charge in [0.1, 0.15) is 0 Å². The predicted octanol–water partition coefficient (Wildman–Crippen LogP) is 1.17. The lowest BCUT2D eigenvalue weighted by Gasteiger charge is -2.35. The average Bonchev–Trinajstić information content (AvgIpc) is 2.38. The Kier molecular flexibility index (Phi) is 3.40. The fraction of sp³-hybridized carbons (Fsp3) is 0.462. The normalized spacial score (nSPS) is 24.2. The molecule has 2 N–H and O–H groups in total. The maximum Gasteiger partial charge on any atom is 0.336 e. The van der Waals surface area contributed by atoms with E-state index in [0.717, 1.165) is 0 Å². The predicted molar refractivity (Wildman–Crippen MR) is 68.7 cm³/mol. The van der Waals surface area contributed by atoms with E-state index < -0.39 is 27.3 Å². The molecule has 1 aliphatic heterocycles. The van der Waals surface area contributed by atoms with Crippen LogP contribution in [-0.2, 0) is 14.6 Å². The molecule has 0 aliphatic carbocycles. The quantitative estimate of drug-likeness (QED) is 0.869.